The Morgan fingerprint density at radius 2 is 0.500 bits per heavy atom. The molecule has 1 N–H and O–H groups in total. The molecule has 0 saturated carbocycles. The van der Waals surface area contributed by atoms with Gasteiger partial charge in [-0.25, -0.2) is 0 Å². The first-order valence-electron chi connectivity index (χ1n) is 15.3. The molecule has 0 aliphatic carbocycles. The molecule has 20 nitrogen and oxygen atoms in total. The third-order valence-electron chi connectivity index (χ3n) is 7.37. The van der Waals surface area contributed by atoms with Crippen LogP contribution in [0.1, 0.15) is 6.92 Å². The second kappa shape index (κ2) is 20.9. The predicted octanol–water partition coefficient (Wildman–Crippen LogP) is -5.12. The van der Waals surface area contributed by atoms with Gasteiger partial charge in [-0.2, -0.15) is 0 Å². The lowest BCUT2D eigenvalue weighted by atomic mass is 10.3. The summed E-state index contributed by atoms with van der Waals surface area (Å²) in [6, 6.07) is 0. The fraction of sp³-hybridized carbons (Fsp3) is 0.667. The highest BCUT2D eigenvalue weighted by atomic mass is 16.2. The number of likely N-dealkylation sites (N-methyl/N-ethyl adjacent to an activating group) is 9. The van der Waals surface area contributed by atoms with E-state index in [0.717, 1.165) is 34.3 Å². The van der Waals surface area contributed by atoms with Crippen molar-refractivity contribution in [2.75, 3.05) is 129 Å². The number of carbonyl (C=O) groups excluding carboxylic acids is 10. The Morgan fingerprint density at radius 3 is 0.680 bits per heavy atom. The van der Waals surface area contributed by atoms with Gasteiger partial charge in [0.2, 0.25) is 59.1 Å². The van der Waals surface area contributed by atoms with Gasteiger partial charge in [0.1, 0.15) is 0 Å². The predicted molar refractivity (Wildman–Crippen MR) is 178 cm³/mol. The lowest BCUT2D eigenvalue weighted by Gasteiger charge is -2.27. The maximum atomic E-state index is 12.7. The van der Waals surface area contributed by atoms with Crippen LogP contribution in [-0.4, -0.2) is 233 Å². The first-order valence-corrected chi connectivity index (χ1v) is 15.3. The minimum absolute atomic E-state index is 0.157. The van der Waals surface area contributed by atoms with Crippen LogP contribution < -0.4 is 5.32 Å². The minimum Gasteiger partial charge on any atom is -0.347 e. The number of hydrogen-bond acceptors (Lipinski definition) is 10. The largest absolute Gasteiger partial charge is 0.347 e. The van der Waals surface area contributed by atoms with Crippen LogP contribution in [-0.2, 0) is 47.9 Å². The zero-order valence-electron chi connectivity index (χ0n) is 31.0. The van der Waals surface area contributed by atoms with E-state index in [9.17, 15) is 47.9 Å². The summed E-state index contributed by atoms with van der Waals surface area (Å²) >= 11 is 0. The first kappa shape index (κ1) is 44.7. The Bertz CT molecular complexity index is 1310. The summed E-state index contributed by atoms with van der Waals surface area (Å²) in [7, 11) is 14.0. The zero-order chi connectivity index (χ0) is 39.0. The van der Waals surface area contributed by atoms with Gasteiger partial charge in [-0.1, -0.05) is 0 Å². The molecule has 0 rings (SSSR count). The summed E-state index contributed by atoms with van der Waals surface area (Å²) in [5.41, 5.74) is 0. The molecule has 282 valence electrons. The van der Waals surface area contributed by atoms with Crippen LogP contribution >= 0.6 is 0 Å². The van der Waals surface area contributed by atoms with Crippen LogP contribution in [0, 0.1) is 0 Å². The highest BCUT2D eigenvalue weighted by molar-refractivity contribution is 5.93. The Hall–Kier alpha value is -5.30. The molecule has 0 spiro atoms. The maximum absolute atomic E-state index is 12.7. The van der Waals surface area contributed by atoms with Gasteiger partial charge in [-0.3, -0.25) is 47.9 Å². The van der Waals surface area contributed by atoms with Crippen LogP contribution in [0.4, 0.5) is 0 Å². The van der Waals surface area contributed by atoms with E-state index in [1.165, 1.54) is 73.1 Å². The van der Waals surface area contributed by atoms with Gasteiger partial charge in [-0.05, 0) is 0 Å². The van der Waals surface area contributed by atoms with Gasteiger partial charge >= 0.3 is 0 Å². The van der Waals surface area contributed by atoms with Gasteiger partial charge in [0.25, 0.3) is 0 Å². The Labute approximate surface area is 292 Å². The molecule has 50 heavy (non-hydrogen) atoms. The normalized spacial score (nSPS) is 10.2. The number of hydrogen-bond donors (Lipinski definition) is 1. The van der Waals surface area contributed by atoms with Crippen LogP contribution in [0.5, 0.6) is 0 Å². The molecule has 0 aliphatic rings. The fourth-order valence-electron chi connectivity index (χ4n) is 3.65. The van der Waals surface area contributed by atoms with E-state index >= 15 is 0 Å². The number of carbonyl (C=O) groups is 10. The van der Waals surface area contributed by atoms with Gasteiger partial charge < -0.3 is 49.4 Å². The molecule has 20 heteroatoms. The Morgan fingerprint density at radius 1 is 0.320 bits per heavy atom. The SMILES string of the molecule is CC(=O)NCC(=O)N(C)CC(=O)N(C)CC(=O)N(C)CC(=O)N(C)CC(=O)N(C)CC(=O)N(C)CC(=O)N(C)CC(=O)N(C)CC(=O)N(C)C. The third-order valence-corrected chi connectivity index (χ3v) is 7.37. The highest BCUT2D eigenvalue weighted by Gasteiger charge is 2.25. The number of nitrogens with one attached hydrogen (secondary N) is 1. The lowest BCUT2D eigenvalue weighted by Crippen LogP contribution is -2.49. The van der Waals surface area contributed by atoms with Crippen molar-refractivity contribution >= 4 is 59.1 Å². The minimum atomic E-state index is -0.594. The molecule has 0 aliphatic heterocycles. The monoisotopic (exact) mass is 712 g/mol. The molecule has 0 aromatic heterocycles. The molecular formula is C30H52N10O10. The van der Waals surface area contributed by atoms with E-state index in [0.29, 0.717) is 0 Å². The number of rotatable bonds is 18. The molecule has 0 unspecified atom stereocenters. The van der Waals surface area contributed by atoms with E-state index in [2.05, 4.69) is 5.32 Å². The van der Waals surface area contributed by atoms with E-state index in [4.69, 9.17) is 0 Å². The Kier molecular flexibility index (Phi) is 18.7. The summed E-state index contributed by atoms with van der Waals surface area (Å²) in [6.45, 7) is -1.84. The van der Waals surface area contributed by atoms with Crippen molar-refractivity contribution in [2.45, 2.75) is 6.92 Å². The van der Waals surface area contributed by atoms with Crippen LogP contribution in [0.3, 0.4) is 0 Å². The number of amides is 10. The van der Waals surface area contributed by atoms with Crippen molar-refractivity contribution in [3.05, 3.63) is 0 Å². The van der Waals surface area contributed by atoms with Gasteiger partial charge in [0, 0.05) is 77.4 Å². The van der Waals surface area contributed by atoms with Crippen molar-refractivity contribution in [2.24, 2.45) is 0 Å². The summed E-state index contributed by atoms with van der Waals surface area (Å²) in [4.78, 5) is 133. The molecule has 10 amide bonds. The molecule has 0 atom stereocenters. The average molecular weight is 713 g/mol. The van der Waals surface area contributed by atoms with Crippen LogP contribution in [0.25, 0.3) is 0 Å². The van der Waals surface area contributed by atoms with E-state index in [-0.39, 0.29) is 45.2 Å². The standard InChI is InChI=1S/C30H52N10O10/c1-21(41)31-12-22(42)33(4)14-24(44)35(6)16-26(46)37(8)18-28(48)39(10)20-30(50)40(11)19-29(49)38(9)17-27(47)36(7)15-25(45)34(5)13-23(43)32(2)3/h12-20H2,1-11H3,(H,31,41). The molecule has 0 aromatic carbocycles. The molecule has 0 radical (unpaired) electrons. The van der Waals surface area contributed by atoms with Crippen LogP contribution in [0.2, 0.25) is 0 Å². The quantitative estimate of drug-likeness (QED) is 0.143. The van der Waals surface area contributed by atoms with Crippen molar-refractivity contribution in [1.29, 1.82) is 0 Å². The third kappa shape index (κ3) is 16.2. The summed E-state index contributed by atoms with van der Waals surface area (Å²) in [6.07, 6.45) is 0. The Balaban J connectivity index is 4.83. The topological polar surface area (TPSA) is 212 Å². The molecule has 0 fully saturated rings. The fourth-order valence-corrected chi connectivity index (χ4v) is 3.65. The summed E-state index contributed by atoms with van der Waals surface area (Å²) < 4.78 is 0. The zero-order valence-corrected chi connectivity index (χ0v) is 31.0. The molecule has 0 aromatic rings. The average Bonchev–Trinajstić information content (AvgIpc) is 3.02. The smallest absolute Gasteiger partial charge is 0.242 e. The highest BCUT2D eigenvalue weighted by Crippen LogP contribution is 2.00. The molecule has 0 heterocycles. The van der Waals surface area contributed by atoms with Crippen molar-refractivity contribution < 1.29 is 47.9 Å². The molecule has 0 saturated heterocycles. The van der Waals surface area contributed by atoms with Crippen LogP contribution in [0.15, 0.2) is 0 Å². The molecule has 0 bridgehead atoms. The second-order valence-corrected chi connectivity index (χ2v) is 12.2. The van der Waals surface area contributed by atoms with E-state index < -0.39 is 72.8 Å². The van der Waals surface area contributed by atoms with Gasteiger partial charge in [0.15, 0.2) is 0 Å². The summed E-state index contributed by atoms with van der Waals surface area (Å²) in [5.74, 6) is -5.10. The first-order chi connectivity index (χ1) is 23.0. The van der Waals surface area contributed by atoms with Crippen molar-refractivity contribution in [3.8, 4) is 0 Å². The van der Waals surface area contributed by atoms with E-state index in [1.807, 2.05) is 0 Å². The van der Waals surface area contributed by atoms with Gasteiger partial charge in [-0.15, -0.1) is 0 Å². The van der Waals surface area contributed by atoms with Gasteiger partial charge in [0.05, 0.1) is 58.9 Å². The molecular weight excluding hydrogens is 660 g/mol. The maximum Gasteiger partial charge on any atom is 0.242 e. The van der Waals surface area contributed by atoms with Crippen molar-refractivity contribution in [1.82, 2.24) is 49.4 Å². The van der Waals surface area contributed by atoms with E-state index in [1.54, 1.807) is 14.1 Å². The number of nitrogens with zero attached hydrogens (tertiary/aromatic N) is 9. The van der Waals surface area contributed by atoms with Crippen molar-refractivity contribution in [3.63, 3.8) is 0 Å². The lowest BCUT2D eigenvalue weighted by molar-refractivity contribution is -0.146. The summed E-state index contributed by atoms with van der Waals surface area (Å²) in [5, 5.41) is 2.33. The second-order valence-electron chi connectivity index (χ2n) is 12.2.